The molecule has 0 aliphatic rings. The molecule has 9 heteroatoms. The summed E-state index contributed by atoms with van der Waals surface area (Å²) < 4.78 is 8.55. The fraction of sp³-hybridized carbons (Fsp3) is 0. The summed E-state index contributed by atoms with van der Waals surface area (Å²) in [5.41, 5.74) is 0. The van der Waals surface area contributed by atoms with Crippen molar-refractivity contribution in [3.8, 4) is 0 Å². The third kappa shape index (κ3) is 89.6. The first-order valence-electron chi connectivity index (χ1n) is 0.730. The maximum absolute atomic E-state index is 8.55. The summed E-state index contributed by atoms with van der Waals surface area (Å²) in [5.74, 6) is 0. The van der Waals surface area contributed by atoms with Crippen LogP contribution in [0.2, 0.25) is 0 Å². The van der Waals surface area contributed by atoms with Gasteiger partial charge in [-0.3, -0.25) is 0 Å². The van der Waals surface area contributed by atoms with Crippen LogP contribution in [-0.2, 0) is 4.57 Å². The summed E-state index contributed by atoms with van der Waals surface area (Å²) in [4.78, 5) is 25.6. The molecule has 36 valence electrons. The van der Waals surface area contributed by atoms with Gasteiger partial charge in [0, 0.05) is 0 Å². The maximum atomic E-state index is 8.55. The predicted octanol–water partition coefficient (Wildman–Crippen LogP) is -14.5. The van der Waals surface area contributed by atoms with Crippen LogP contribution >= 0.6 is 7.82 Å². The zero-order valence-electron chi connectivity index (χ0n) is 9.08. The Morgan fingerprint density at radius 2 is 1.11 bits per heavy atom. The first kappa shape index (κ1) is 29.5. The maximum Gasteiger partial charge on any atom is 1.00 e. The van der Waals surface area contributed by atoms with Gasteiger partial charge in [-0.1, -0.05) is 0 Å². The monoisotopic (exact) mass is 158 g/mol. The standard InChI is InChI=1S/2Li.2Na.H3O4P.2H/c;;;;1-5(2,3)4;;/h;;;;(H3,1,2,3,4);;/q4*+1;;2*-1/p-2. The Morgan fingerprint density at radius 3 is 1.11 bits per heavy atom. The van der Waals surface area contributed by atoms with E-state index in [1.165, 1.54) is 0 Å². The molecule has 0 saturated carbocycles. The third-order valence-electron chi connectivity index (χ3n) is 0. The molecular weight excluding hydrogens is 155 g/mol. The summed E-state index contributed by atoms with van der Waals surface area (Å²) in [6.07, 6.45) is 0. The van der Waals surface area contributed by atoms with Gasteiger partial charge in [-0.05, 0) is 0 Å². The molecule has 0 fully saturated rings. The molecule has 0 aromatic rings. The van der Waals surface area contributed by atoms with Gasteiger partial charge < -0.3 is 22.1 Å². The van der Waals surface area contributed by atoms with Gasteiger partial charge in [0.2, 0.25) is 0 Å². The zero-order chi connectivity index (χ0) is 4.50. The van der Waals surface area contributed by atoms with Crippen LogP contribution < -0.4 is 112 Å². The molecule has 0 heterocycles. The van der Waals surface area contributed by atoms with Gasteiger partial charge in [-0.15, -0.1) is 0 Å². The molecular formula is H3Li2Na2O4P. The van der Waals surface area contributed by atoms with Crippen molar-refractivity contribution >= 4 is 7.82 Å². The topological polar surface area (TPSA) is 86.2 Å². The van der Waals surface area contributed by atoms with Crippen molar-refractivity contribution in [2.75, 3.05) is 0 Å². The van der Waals surface area contributed by atoms with Crippen molar-refractivity contribution in [1.82, 2.24) is 0 Å². The second kappa shape index (κ2) is 13.9. The molecule has 0 spiro atoms. The molecule has 9 heavy (non-hydrogen) atoms. The fourth-order valence-electron chi connectivity index (χ4n) is 0. The average molecular weight is 158 g/mol. The van der Waals surface area contributed by atoms with Crippen molar-refractivity contribution < 1.29 is 120 Å². The van der Waals surface area contributed by atoms with Crippen molar-refractivity contribution in [2.24, 2.45) is 0 Å². The molecule has 0 atom stereocenters. The van der Waals surface area contributed by atoms with Gasteiger partial charge in [-0.2, -0.15) is 7.82 Å². The fourth-order valence-corrected chi connectivity index (χ4v) is 0. The Morgan fingerprint density at radius 1 is 1.11 bits per heavy atom. The summed E-state index contributed by atoms with van der Waals surface area (Å²) in [5, 5.41) is 0. The van der Waals surface area contributed by atoms with Crippen molar-refractivity contribution in [2.45, 2.75) is 0 Å². The summed E-state index contributed by atoms with van der Waals surface area (Å²) in [6.45, 7) is 0. The summed E-state index contributed by atoms with van der Waals surface area (Å²) in [7, 11) is -5.39. The van der Waals surface area contributed by atoms with E-state index in [0.29, 0.717) is 0 Å². The van der Waals surface area contributed by atoms with Crippen LogP contribution in [0.15, 0.2) is 0 Å². The quantitative estimate of drug-likeness (QED) is 0.258. The second-order valence-corrected chi connectivity index (χ2v) is 1.34. The molecule has 0 radical (unpaired) electrons. The van der Waals surface area contributed by atoms with E-state index >= 15 is 0 Å². The number of hydrogen-bond acceptors (Lipinski definition) is 4. The van der Waals surface area contributed by atoms with E-state index in [4.69, 9.17) is 19.2 Å². The third-order valence-corrected chi connectivity index (χ3v) is 0. The minimum Gasteiger partial charge on any atom is -1.00 e. The van der Waals surface area contributed by atoms with E-state index in [2.05, 4.69) is 0 Å². The van der Waals surface area contributed by atoms with E-state index in [1.54, 1.807) is 0 Å². The van der Waals surface area contributed by atoms with E-state index in [-0.39, 0.29) is 101 Å². The molecule has 0 bridgehead atoms. The molecule has 0 N–H and O–H groups in total. The molecule has 0 aliphatic heterocycles. The normalized spacial score (nSPS) is 6.56. The SMILES string of the molecule is O=P([O-])([O-])[O-].[H+].[H-].[H-].[Li+].[Li+].[Na+].[Na+]. The van der Waals surface area contributed by atoms with Crippen molar-refractivity contribution in [3.05, 3.63) is 0 Å². The smallest absolute Gasteiger partial charge is 1.00 e. The Hall–Kier alpha value is 3.30. The Kier molecular flexibility index (Phi) is 45.4. The van der Waals surface area contributed by atoms with Crippen LogP contribution in [0.5, 0.6) is 0 Å². The van der Waals surface area contributed by atoms with Gasteiger partial charge in [0.25, 0.3) is 0 Å². The average Bonchev–Trinajstić information content (AvgIpc) is 0.722. The Labute approximate surface area is 126 Å². The summed E-state index contributed by atoms with van der Waals surface area (Å²) in [6, 6.07) is 0. The van der Waals surface area contributed by atoms with Gasteiger partial charge in [0.15, 0.2) is 0 Å². The van der Waals surface area contributed by atoms with Crippen LogP contribution in [0.25, 0.3) is 0 Å². The first-order valence-corrected chi connectivity index (χ1v) is 2.19. The van der Waals surface area contributed by atoms with Crippen LogP contribution in [0.1, 0.15) is 4.28 Å². The molecule has 0 amide bonds. The second-order valence-electron chi connectivity index (χ2n) is 0.447. The number of phosphoric acid groups is 1. The van der Waals surface area contributed by atoms with Gasteiger partial charge >= 0.3 is 98.3 Å². The van der Waals surface area contributed by atoms with E-state index in [9.17, 15) is 0 Å². The molecule has 4 nitrogen and oxygen atoms in total. The van der Waals surface area contributed by atoms with Crippen LogP contribution in [-0.4, -0.2) is 0 Å². The van der Waals surface area contributed by atoms with E-state index in [0.717, 1.165) is 0 Å². The van der Waals surface area contributed by atoms with Gasteiger partial charge in [-0.25, -0.2) is 0 Å². The largest absolute Gasteiger partial charge is 1.00 e. The molecule has 0 aromatic carbocycles. The molecule has 0 saturated heterocycles. The van der Waals surface area contributed by atoms with Crippen LogP contribution in [0, 0.1) is 0 Å². The van der Waals surface area contributed by atoms with Crippen molar-refractivity contribution in [1.29, 1.82) is 0 Å². The van der Waals surface area contributed by atoms with Crippen LogP contribution in [0.4, 0.5) is 0 Å². The Balaban J connectivity index is -0.00000000381. The Bertz CT molecular complexity index is 72.4. The molecule has 0 unspecified atom stereocenters. The van der Waals surface area contributed by atoms with Gasteiger partial charge in [0.1, 0.15) is 0 Å². The van der Waals surface area contributed by atoms with Gasteiger partial charge in [0.05, 0.1) is 0 Å². The molecule has 0 rings (SSSR count). The number of hydrogen-bond donors (Lipinski definition) is 0. The van der Waals surface area contributed by atoms with Crippen LogP contribution in [0.3, 0.4) is 0 Å². The summed E-state index contributed by atoms with van der Waals surface area (Å²) >= 11 is 0. The minimum absolute atomic E-state index is 0. The van der Waals surface area contributed by atoms with Crippen molar-refractivity contribution in [3.63, 3.8) is 0 Å². The van der Waals surface area contributed by atoms with E-state index in [1.807, 2.05) is 0 Å². The molecule has 0 aromatic heterocycles. The zero-order valence-corrected chi connectivity index (χ0v) is 11.0. The molecule has 0 aliphatic carbocycles. The minimum atomic E-state index is -5.39. The number of rotatable bonds is 0. The first-order chi connectivity index (χ1) is 2.00. The van der Waals surface area contributed by atoms with E-state index < -0.39 is 7.82 Å². The predicted molar refractivity (Wildman–Crippen MR) is 10.9 cm³/mol.